The fraction of sp³-hybridized carbons (Fsp3) is 0.706. The van der Waals surface area contributed by atoms with Crippen molar-refractivity contribution in [1.82, 2.24) is 9.47 Å². The van der Waals surface area contributed by atoms with Crippen LogP contribution in [0.1, 0.15) is 54.5 Å². The van der Waals surface area contributed by atoms with Crippen LogP contribution in [0.5, 0.6) is 0 Å². The second-order valence-electron chi connectivity index (χ2n) is 7.12. The fourth-order valence-corrected chi connectivity index (χ4v) is 4.43. The van der Waals surface area contributed by atoms with Crippen molar-refractivity contribution in [2.75, 3.05) is 13.1 Å². The highest BCUT2D eigenvalue weighted by Crippen LogP contribution is 2.38. The van der Waals surface area contributed by atoms with E-state index in [4.69, 9.17) is 5.73 Å². The number of nitrogens with zero attached hydrogens (tertiary/aromatic N) is 2. The average Bonchev–Trinajstić information content (AvgIpc) is 3.05. The first-order valence-corrected chi connectivity index (χ1v) is 8.13. The van der Waals surface area contributed by atoms with Gasteiger partial charge in [-0.15, -0.1) is 12.4 Å². The molecule has 2 fully saturated rings. The largest absolute Gasteiger partial charge is 0.346 e. The van der Waals surface area contributed by atoms with E-state index in [1.54, 1.807) is 0 Å². The number of hydrogen-bond acceptors (Lipinski definition) is 2. The van der Waals surface area contributed by atoms with Crippen molar-refractivity contribution in [3.8, 4) is 0 Å². The van der Waals surface area contributed by atoms with Crippen LogP contribution in [0.4, 0.5) is 0 Å². The molecule has 1 aromatic rings. The molecule has 0 spiro atoms. The molecule has 124 valence electrons. The van der Waals surface area contributed by atoms with E-state index in [-0.39, 0.29) is 24.4 Å². The molecule has 1 aromatic heterocycles. The molecule has 1 saturated carbocycles. The van der Waals surface area contributed by atoms with E-state index >= 15 is 0 Å². The van der Waals surface area contributed by atoms with Gasteiger partial charge in [-0.1, -0.05) is 0 Å². The molecule has 0 aromatic carbocycles. The van der Waals surface area contributed by atoms with Crippen molar-refractivity contribution in [1.29, 1.82) is 0 Å². The first kappa shape index (κ1) is 17.4. The van der Waals surface area contributed by atoms with Gasteiger partial charge in [0.25, 0.3) is 5.91 Å². The van der Waals surface area contributed by atoms with Crippen molar-refractivity contribution in [3.05, 3.63) is 23.0 Å². The number of fused-ring (bicyclic) bond motifs is 1. The maximum absolute atomic E-state index is 12.9. The number of rotatable bonds is 2. The van der Waals surface area contributed by atoms with E-state index in [1.165, 1.54) is 12.1 Å². The molecule has 2 N–H and O–H groups in total. The Kier molecular flexibility index (Phi) is 4.93. The normalized spacial score (nSPS) is 27.2. The van der Waals surface area contributed by atoms with Crippen molar-refractivity contribution in [2.45, 2.75) is 52.6 Å². The lowest BCUT2D eigenvalue weighted by Gasteiger charge is -2.19. The number of carbonyl (C=O) groups is 1. The number of aromatic nitrogens is 1. The summed E-state index contributed by atoms with van der Waals surface area (Å²) in [5, 5.41) is 0. The first-order chi connectivity index (χ1) is 9.90. The van der Waals surface area contributed by atoms with Gasteiger partial charge in [-0.3, -0.25) is 4.79 Å². The first-order valence-electron chi connectivity index (χ1n) is 8.13. The monoisotopic (exact) mass is 325 g/mol. The molecule has 2 aliphatic rings. The number of halogens is 1. The summed E-state index contributed by atoms with van der Waals surface area (Å²) < 4.78 is 2.25. The number of hydrogen-bond donors (Lipinski definition) is 1. The fourth-order valence-electron chi connectivity index (χ4n) is 4.43. The zero-order chi connectivity index (χ0) is 15.3. The van der Waals surface area contributed by atoms with Gasteiger partial charge in [0.1, 0.15) is 0 Å². The highest BCUT2D eigenvalue weighted by molar-refractivity contribution is 5.96. The second-order valence-corrected chi connectivity index (χ2v) is 7.12. The molecule has 3 unspecified atom stereocenters. The number of aryl methyl sites for hydroxylation is 1. The zero-order valence-corrected chi connectivity index (χ0v) is 14.8. The van der Waals surface area contributed by atoms with Gasteiger partial charge < -0.3 is 15.2 Å². The van der Waals surface area contributed by atoms with E-state index in [0.717, 1.165) is 30.8 Å². The standard InChI is InChI=1S/C17H27N3O.ClH/c1-10(2)20-11(3)7-14(12(20)4)17(21)19-8-13-5-6-16(18)15(13)9-19;/h7,10,13,15-16H,5-6,8-9,18H2,1-4H3;1H. The Labute approximate surface area is 139 Å². The topological polar surface area (TPSA) is 51.3 Å². The summed E-state index contributed by atoms with van der Waals surface area (Å²) in [6.45, 7) is 10.2. The molecule has 2 heterocycles. The van der Waals surface area contributed by atoms with E-state index in [9.17, 15) is 4.79 Å². The van der Waals surface area contributed by atoms with Gasteiger partial charge >= 0.3 is 0 Å². The molecule has 3 rings (SSSR count). The van der Waals surface area contributed by atoms with Gasteiger partial charge in [-0.2, -0.15) is 0 Å². The molecule has 1 aliphatic heterocycles. The molecular formula is C17H28ClN3O. The Hall–Kier alpha value is -1.000. The molecular weight excluding hydrogens is 298 g/mol. The molecule has 1 saturated heterocycles. The Morgan fingerprint density at radius 3 is 2.50 bits per heavy atom. The highest BCUT2D eigenvalue weighted by Gasteiger charge is 2.42. The van der Waals surface area contributed by atoms with Crippen LogP contribution in [0.3, 0.4) is 0 Å². The quantitative estimate of drug-likeness (QED) is 0.909. The zero-order valence-electron chi connectivity index (χ0n) is 14.0. The predicted molar refractivity (Wildman–Crippen MR) is 91.6 cm³/mol. The van der Waals surface area contributed by atoms with Crippen LogP contribution in [0, 0.1) is 25.7 Å². The van der Waals surface area contributed by atoms with Crippen molar-refractivity contribution >= 4 is 18.3 Å². The maximum atomic E-state index is 12.9. The van der Waals surface area contributed by atoms with Crippen molar-refractivity contribution in [3.63, 3.8) is 0 Å². The van der Waals surface area contributed by atoms with Crippen LogP contribution in [0.25, 0.3) is 0 Å². The van der Waals surface area contributed by atoms with Crippen LogP contribution in [-0.4, -0.2) is 34.5 Å². The lowest BCUT2D eigenvalue weighted by atomic mass is 9.98. The molecule has 22 heavy (non-hydrogen) atoms. The highest BCUT2D eigenvalue weighted by atomic mass is 35.5. The van der Waals surface area contributed by atoms with Crippen LogP contribution in [-0.2, 0) is 0 Å². The molecule has 0 radical (unpaired) electrons. The molecule has 1 amide bonds. The summed E-state index contributed by atoms with van der Waals surface area (Å²) in [7, 11) is 0. The lowest BCUT2D eigenvalue weighted by Crippen LogP contribution is -2.33. The smallest absolute Gasteiger partial charge is 0.255 e. The summed E-state index contributed by atoms with van der Waals surface area (Å²) in [5.74, 6) is 1.33. The minimum atomic E-state index is 0. The van der Waals surface area contributed by atoms with E-state index in [2.05, 4.69) is 32.3 Å². The number of amides is 1. The molecule has 3 atom stereocenters. The number of nitrogens with two attached hydrogens (primary N) is 1. The van der Waals surface area contributed by atoms with Crippen LogP contribution < -0.4 is 5.73 Å². The predicted octanol–water partition coefficient (Wildman–Crippen LogP) is 2.92. The minimum Gasteiger partial charge on any atom is -0.346 e. The maximum Gasteiger partial charge on any atom is 0.255 e. The van der Waals surface area contributed by atoms with Gasteiger partial charge in [-0.25, -0.2) is 0 Å². The second kappa shape index (κ2) is 6.25. The average molecular weight is 326 g/mol. The van der Waals surface area contributed by atoms with Gasteiger partial charge in [0.2, 0.25) is 0 Å². The third-order valence-electron chi connectivity index (χ3n) is 5.43. The molecule has 1 aliphatic carbocycles. The third kappa shape index (κ3) is 2.67. The van der Waals surface area contributed by atoms with E-state index in [0.29, 0.717) is 17.9 Å². The van der Waals surface area contributed by atoms with Crippen LogP contribution >= 0.6 is 12.4 Å². The van der Waals surface area contributed by atoms with Gasteiger partial charge in [-0.05, 0) is 58.4 Å². The Balaban J connectivity index is 0.00000176. The van der Waals surface area contributed by atoms with E-state index in [1.807, 2.05) is 11.0 Å². The summed E-state index contributed by atoms with van der Waals surface area (Å²) in [6.07, 6.45) is 2.31. The third-order valence-corrected chi connectivity index (χ3v) is 5.43. The minimum absolute atomic E-state index is 0. The number of carbonyl (C=O) groups excluding carboxylic acids is 1. The summed E-state index contributed by atoms with van der Waals surface area (Å²) in [6, 6.07) is 2.72. The Morgan fingerprint density at radius 2 is 1.95 bits per heavy atom. The van der Waals surface area contributed by atoms with Crippen LogP contribution in [0.15, 0.2) is 6.07 Å². The molecule has 0 bridgehead atoms. The summed E-state index contributed by atoms with van der Waals surface area (Å²) in [5.41, 5.74) is 9.31. The number of likely N-dealkylation sites (tertiary alicyclic amines) is 1. The summed E-state index contributed by atoms with van der Waals surface area (Å²) >= 11 is 0. The van der Waals surface area contributed by atoms with Crippen molar-refractivity contribution in [2.24, 2.45) is 17.6 Å². The molecule has 4 nitrogen and oxygen atoms in total. The van der Waals surface area contributed by atoms with Gasteiger partial charge in [0.15, 0.2) is 0 Å². The Morgan fingerprint density at radius 1 is 1.27 bits per heavy atom. The molecule has 5 heteroatoms. The summed E-state index contributed by atoms with van der Waals surface area (Å²) in [4.78, 5) is 14.9. The lowest BCUT2D eigenvalue weighted by molar-refractivity contribution is 0.0778. The van der Waals surface area contributed by atoms with Crippen LogP contribution in [0.2, 0.25) is 0 Å². The van der Waals surface area contributed by atoms with Gasteiger partial charge in [0, 0.05) is 36.6 Å². The van der Waals surface area contributed by atoms with Gasteiger partial charge in [0.05, 0.1) is 5.56 Å². The van der Waals surface area contributed by atoms with E-state index < -0.39 is 0 Å². The SMILES string of the molecule is Cc1cc(C(=O)N2CC3CCC(N)C3C2)c(C)n1C(C)C.Cl. The Bertz CT molecular complexity index is 566. The van der Waals surface area contributed by atoms with Crippen molar-refractivity contribution < 1.29 is 4.79 Å².